The van der Waals surface area contributed by atoms with Crippen LogP contribution in [0.5, 0.6) is 0 Å². The lowest BCUT2D eigenvalue weighted by atomic mass is 10.2. The molecular weight excluding hydrogens is 440 g/mol. The normalized spacial score (nSPS) is 17.8. The number of anilines is 3. The summed E-state index contributed by atoms with van der Waals surface area (Å²) in [6.07, 6.45) is 1.62. The fourth-order valence-electron chi connectivity index (χ4n) is 4.33. The molecule has 0 N–H and O–H groups in total. The fourth-order valence-corrected chi connectivity index (χ4v) is 4.59. The molecule has 0 radical (unpaired) electrons. The van der Waals surface area contributed by atoms with Gasteiger partial charge in [-0.05, 0) is 12.1 Å². The predicted molar refractivity (Wildman–Crippen MR) is 129 cm³/mol. The van der Waals surface area contributed by atoms with Crippen LogP contribution < -0.4 is 14.7 Å². The molecule has 2 aromatic carbocycles. The van der Waals surface area contributed by atoms with Crippen molar-refractivity contribution in [2.24, 2.45) is 0 Å². The summed E-state index contributed by atoms with van der Waals surface area (Å²) >= 11 is 6.34. The van der Waals surface area contributed by atoms with E-state index in [9.17, 15) is 9.59 Å². The highest BCUT2D eigenvalue weighted by Gasteiger charge is 2.41. The largest absolute Gasteiger partial charge is 0.367 e. The van der Waals surface area contributed by atoms with Crippen molar-refractivity contribution >= 4 is 41.1 Å². The van der Waals surface area contributed by atoms with Crippen molar-refractivity contribution in [3.63, 3.8) is 0 Å². The number of rotatable bonds is 3. The van der Waals surface area contributed by atoms with Gasteiger partial charge in [-0.3, -0.25) is 9.69 Å². The van der Waals surface area contributed by atoms with Gasteiger partial charge < -0.3 is 14.7 Å². The Balaban J connectivity index is 1.38. The van der Waals surface area contributed by atoms with E-state index >= 15 is 0 Å². The van der Waals surface area contributed by atoms with Gasteiger partial charge >= 0.3 is 6.03 Å². The molecule has 2 aliphatic heterocycles. The molecule has 1 atom stereocenters. The number of hydrogen-bond donors (Lipinski definition) is 0. The Hall–Kier alpha value is -3.65. The number of hydrogen-bond acceptors (Lipinski definition) is 6. The van der Waals surface area contributed by atoms with E-state index in [0.717, 1.165) is 17.5 Å². The molecule has 3 aromatic rings. The van der Waals surface area contributed by atoms with Crippen LogP contribution in [0.25, 0.3) is 11.4 Å². The Morgan fingerprint density at radius 2 is 1.70 bits per heavy atom. The van der Waals surface area contributed by atoms with Crippen LogP contribution in [-0.4, -0.2) is 66.6 Å². The van der Waals surface area contributed by atoms with Gasteiger partial charge in [-0.15, -0.1) is 0 Å². The molecule has 1 aromatic heterocycles. The Morgan fingerprint density at radius 3 is 2.39 bits per heavy atom. The number of amides is 2. The molecule has 0 spiro atoms. The summed E-state index contributed by atoms with van der Waals surface area (Å²) in [5.74, 6) is 1.11. The van der Waals surface area contributed by atoms with Crippen molar-refractivity contribution in [3.05, 3.63) is 65.8 Å². The fraction of sp³-hybridized carbons (Fsp3) is 0.250. The van der Waals surface area contributed by atoms with Crippen molar-refractivity contribution in [3.8, 4) is 11.4 Å². The summed E-state index contributed by atoms with van der Waals surface area (Å²) in [5, 5.41) is 0.694. The molecule has 2 aliphatic rings. The van der Waals surface area contributed by atoms with Crippen LogP contribution in [0.4, 0.5) is 22.0 Å². The lowest BCUT2D eigenvalue weighted by Gasteiger charge is -2.38. The molecule has 0 aliphatic carbocycles. The average molecular weight is 463 g/mol. The third-order valence-corrected chi connectivity index (χ3v) is 6.43. The summed E-state index contributed by atoms with van der Waals surface area (Å²) in [6.45, 7) is 2.35. The van der Waals surface area contributed by atoms with Crippen LogP contribution in [-0.2, 0) is 4.79 Å². The molecule has 1 fully saturated rings. The van der Waals surface area contributed by atoms with E-state index in [4.69, 9.17) is 11.6 Å². The highest BCUT2D eigenvalue weighted by atomic mass is 35.5. The van der Waals surface area contributed by atoms with Crippen LogP contribution in [0, 0.1) is 0 Å². The van der Waals surface area contributed by atoms with E-state index in [-0.39, 0.29) is 6.03 Å². The van der Waals surface area contributed by atoms with Crippen molar-refractivity contribution in [1.82, 2.24) is 14.9 Å². The van der Waals surface area contributed by atoms with Crippen molar-refractivity contribution < 1.29 is 9.59 Å². The number of carbonyl (C=O) groups excluding carboxylic acids is 2. The van der Waals surface area contributed by atoms with E-state index in [1.807, 2.05) is 54.6 Å². The molecular formula is C24H23ClN6O2. The molecule has 9 heteroatoms. The number of fused-ring (bicyclic) bond motifs is 1. The molecule has 2 amide bonds. The second-order valence-electron chi connectivity index (χ2n) is 8.01. The minimum Gasteiger partial charge on any atom is -0.367 e. The van der Waals surface area contributed by atoms with Crippen molar-refractivity contribution in [2.45, 2.75) is 6.17 Å². The quantitative estimate of drug-likeness (QED) is 0.554. The number of aromatic nitrogens is 2. The van der Waals surface area contributed by atoms with Crippen LogP contribution >= 0.6 is 11.6 Å². The van der Waals surface area contributed by atoms with E-state index < -0.39 is 6.17 Å². The average Bonchev–Trinajstić information content (AvgIpc) is 3.15. The number of urea groups is 1. The van der Waals surface area contributed by atoms with Crippen LogP contribution in [0.2, 0.25) is 5.02 Å². The van der Waals surface area contributed by atoms with E-state index in [0.29, 0.717) is 48.5 Å². The van der Waals surface area contributed by atoms with Gasteiger partial charge in [-0.2, -0.15) is 0 Å². The molecule has 168 valence electrons. The molecule has 3 heterocycles. The summed E-state index contributed by atoms with van der Waals surface area (Å²) in [7, 11) is 1.77. The van der Waals surface area contributed by atoms with Crippen molar-refractivity contribution in [1.29, 1.82) is 0 Å². The molecule has 8 nitrogen and oxygen atoms in total. The Bertz CT molecular complexity index is 1180. The summed E-state index contributed by atoms with van der Waals surface area (Å²) < 4.78 is 0. The Labute approximate surface area is 197 Å². The van der Waals surface area contributed by atoms with Gasteiger partial charge in [0, 0.05) is 38.8 Å². The van der Waals surface area contributed by atoms with Crippen LogP contribution in [0.1, 0.15) is 0 Å². The first-order valence-electron chi connectivity index (χ1n) is 10.8. The first-order valence-corrected chi connectivity index (χ1v) is 11.1. The topological polar surface area (TPSA) is 72.9 Å². The number of likely N-dealkylation sites (N-methyl/N-ethyl adjacent to an activating group) is 1. The maximum atomic E-state index is 13.5. The van der Waals surface area contributed by atoms with Gasteiger partial charge in [0.1, 0.15) is 5.69 Å². The lowest BCUT2D eigenvalue weighted by Crippen LogP contribution is -2.56. The first kappa shape index (κ1) is 21.2. The predicted octanol–water partition coefficient (Wildman–Crippen LogP) is 3.52. The summed E-state index contributed by atoms with van der Waals surface area (Å²) in [4.78, 5) is 41.8. The molecule has 1 unspecified atom stereocenters. The lowest BCUT2D eigenvalue weighted by molar-refractivity contribution is -0.108. The van der Waals surface area contributed by atoms with E-state index in [1.54, 1.807) is 23.0 Å². The number of benzene rings is 2. The molecule has 0 bridgehead atoms. The minimum atomic E-state index is -0.769. The summed E-state index contributed by atoms with van der Waals surface area (Å²) in [6, 6.07) is 17.1. The molecule has 0 saturated carbocycles. The third-order valence-electron chi connectivity index (χ3n) is 6.11. The maximum Gasteiger partial charge on any atom is 0.326 e. The number of nitrogens with zero attached hydrogens (tertiary/aromatic N) is 6. The minimum absolute atomic E-state index is 0.229. The van der Waals surface area contributed by atoms with Gasteiger partial charge in [0.15, 0.2) is 24.1 Å². The van der Waals surface area contributed by atoms with Gasteiger partial charge in [0.05, 0.1) is 16.9 Å². The number of halogens is 1. The standard InChI is InChI=1S/C24H23ClN6O2/c1-28-21(16-32)31(20-15-26-22(27-23(20)28)17-7-3-2-4-8-17)24(33)30-13-11-29(12-14-30)19-10-6-5-9-18(19)25/h2-10,15-16,21H,11-14H2,1H3. The van der Waals surface area contributed by atoms with Gasteiger partial charge in [-0.1, -0.05) is 54.1 Å². The van der Waals surface area contributed by atoms with Crippen LogP contribution in [0.3, 0.4) is 0 Å². The van der Waals surface area contributed by atoms with E-state index in [1.165, 1.54) is 4.90 Å². The highest BCUT2D eigenvalue weighted by Crippen LogP contribution is 2.38. The zero-order valence-corrected chi connectivity index (χ0v) is 18.9. The van der Waals surface area contributed by atoms with Crippen LogP contribution in [0.15, 0.2) is 60.8 Å². The number of para-hydroxylation sites is 1. The second kappa shape index (κ2) is 8.71. The van der Waals surface area contributed by atoms with Gasteiger partial charge in [0.25, 0.3) is 0 Å². The zero-order chi connectivity index (χ0) is 22.9. The zero-order valence-electron chi connectivity index (χ0n) is 18.1. The molecule has 5 rings (SSSR count). The number of piperazine rings is 1. The second-order valence-corrected chi connectivity index (χ2v) is 8.41. The smallest absolute Gasteiger partial charge is 0.326 e. The van der Waals surface area contributed by atoms with Crippen molar-refractivity contribution in [2.75, 3.05) is 47.9 Å². The number of carbonyl (C=O) groups is 2. The maximum absolute atomic E-state index is 13.5. The van der Waals surface area contributed by atoms with Gasteiger partial charge in [0.2, 0.25) is 0 Å². The number of aldehydes is 1. The Morgan fingerprint density at radius 1 is 1.00 bits per heavy atom. The highest BCUT2D eigenvalue weighted by molar-refractivity contribution is 6.33. The SMILES string of the molecule is CN1c2nc(-c3ccccc3)ncc2N(C(=O)N2CCN(c3ccccc3Cl)CC2)C1C=O. The van der Waals surface area contributed by atoms with Gasteiger partial charge in [-0.25, -0.2) is 14.8 Å². The summed E-state index contributed by atoms with van der Waals surface area (Å²) in [5.41, 5.74) is 2.37. The molecule has 33 heavy (non-hydrogen) atoms. The third kappa shape index (κ3) is 3.76. The first-order chi connectivity index (χ1) is 16.1. The monoisotopic (exact) mass is 462 g/mol. The van der Waals surface area contributed by atoms with E-state index in [2.05, 4.69) is 14.9 Å². The molecule has 1 saturated heterocycles. The Kier molecular flexibility index (Phi) is 5.60.